The number of benzene rings is 1. The number of amides is 1. The Morgan fingerprint density at radius 2 is 2.35 bits per heavy atom. The highest BCUT2D eigenvalue weighted by Crippen LogP contribution is 2.28. The van der Waals surface area contributed by atoms with Crippen LogP contribution in [0.3, 0.4) is 0 Å². The Bertz CT molecular complexity index is 479. The van der Waals surface area contributed by atoms with E-state index in [1.54, 1.807) is 13.2 Å². The van der Waals surface area contributed by atoms with E-state index >= 15 is 0 Å². The van der Waals surface area contributed by atoms with Crippen molar-refractivity contribution >= 4 is 21.8 Å². The van der Waals surface area contributed by atoms with Gasteiger partial charge in [-0.05, 0) is 54.0 Å². The summed E-state index contributed by atoms with van der Waals surface area (Å²) in [5.74, 6) is 0.509. The monoisotopic (exact) mass is 340 g/mol. The van der Waals surface area contributed by atoms with Crippen LogP contribution in [-0.2, 0) is 0 Å². The smallest absolute Gasteiger partial charge is 0.255 e. The Balaban J connectivity index is 2.00. The summed E-state index contributed by atoms with van der Waals surface area (Å²) in [6.07, 6.45) is 2.37. The summed E-state index contributed by atoms with van der Waals surface area (Å²) in [5.41, 5.74) is 0.572. The van der Waals surface area contributed by atoms with Gasteiger partial charge in [-0.2, -0.15) is 0 Å². The molecule has 4 nitrogen and oxygen atoms in total. The lowest BCUT2D eigenvalue weighted by molar-refractivity contribution is 0.0938. The van der Waals surface area contributed by atoms with Gasteiger partial charge >= 0.3 is 0 Å². The minimum atomic E-state index is -0.0777. The van der Waals surface area contributed by atoms with Crippen molar-refractivity contribution in [2.45, 2.75) is 25.8 Å². The maximum atomic E-state index is 12.3. The van der Waals surface area contributed by atoms with E-state index in [9.17, 15) is 4.79 Å². The number of carbonyl (C=O) groups excluding carboxylic acids is 1. The third kappa shape index (κ3) is 3.33. The van der Waals surface area contributed by atoms with Gasteiger partial charge in [0.15, 0.2) is 0 Å². The van der Waals surface area contributed by atoms with Crippen molar-refractivity contribution in [3.63, 3.8) is 0 Å². The van der Waals surface area contributed by atoms with E-state index in [2.05, 4.69) is 33.1 Å². The molecule has 1 heterocycles. The number of hydrogen-bond acceptors (Lipinski definition) is 3. The normalized spacial score (nSPS) is 19.1. The van der Waals surface area contributed by atoms with Gasteiger partial charge in [-0.1, -0.05) is 13.0 Å². The van der Waals surface area contributed by atoms with Crippen molar-refractivity contribution in [1.82, 2.24) is 10.2 Å². The quantitative estimate of drug-likeness (QED) is 0.895. The van der Waals surface area contributed by atoms with E-state index in [4.69, 9.17) is 4.74 Å². The summed E-state index contributed by atoms with van der Waals surface area (Å²) < 4.78 is 6.09. The topological polar surface area (TPSA) is 41.6 Å². The number of rotatable bonds is 5. The molecule has 0 saturated carbocycles. The Morgan fingerprint density at radius 1 is 1.55 bits per heavy atom. The van der Waals surface area contributed by atoms with Gasteiger partial charge in [-0.15, -0.1) is 0 Å². The summed E-state index contributed by atoms with van der Waals surface area (Å²) in [4.78, 5) is 14.7. The van der Waals surface area contributed by atoms with Gasteiger partial charge in [0, 0.05) is 12.6 Å². The van der Waals surface area contributed by atoms with Crippen LogP contribution in [-0.4, -0.2) is 43.6 Å². The Morgan fingerprint density at radius 3 is 3.05 bits per heavy atom. The number of para-hydroxylation sites is 1. The second kappa shape index (κ2) is 7.09. The molecule has 0 aromatic heterocycles. The van der Waals surface area contributed by atoms with E-state index in [0.29, 0.717) is 23.9 Å². The molecule has 1 aliphatic rings. The van der Waals surface area contributed by atoms with Crippen LogP contribution in [0, 0.1) is 0 Å². The lowest BCUT2D eigenvalue weighted by Crippen LogP contribution is -2.40. The SMILES string of the molecule is CCN1CCCC1CNC(=O)c1cccc(Br)c1OC. The number of nitrogens with zero attached hydrogens (tertiary/aromatic N) is 1. The molecule has 1 saturated heterocycles. The predicted molar refractivity (Wildman–Crippen MR) is 83.3 cm³/mol. The fourth-order valence-corrected chi connectivity index (χ4v) is 3.27. The molecule has 0 spiro atoms. The number of halogens is 1. The molecule has 0 radical (unpaired) electrons. The fourth-order valence-electron chi connectivity index (χ4n) is 2.74. The van der Waals surface area contributed by atoms with Gasteiger partial charge < -0.3 is 10.1 Å². The van der Waals surface area contributed by atoms with Crippen LogP contribution in [0.2, 0.25) is 0 Å². The summed E-state index contributed by atoms with van der Waals surface area (Å²) in [6.45, 7) is 5.04. The van der Waals surface area contributed by atoms with Gasteiger partial charge in [0.25, 0.3) is 5.91 Å². The molecule has 1 aromatic rings. The highest BCUT2D eigenvalue weighted by molar-refractivity contribution is 9.10. The maximum Gasteiger partial charge on any atom is 0.255 e. The standard InChI is InChI=1S/C15H21BrN2O2/c1-3-18-9-5-6-11(18)10-17-15(19)12-7-4-8-13(16)14(12)20-2/h4,7-8,11H,3,5-6,9-10H2,1-2H3,(H,17,19). The van der Waals surface area contributed by atoms with Crippen molar-refractivity contribution in [2.75, 3.05) is 26.7 Å². The first-order valence-electron chi connectivity index (χ1n) is 7.02. The van der Waals surface area contributed by atoms with Gasteiger partial charge in [-0.25, -0.2) is 0 Å². The average Bonchev–Trinajstić information content (AvgIpc) is 2.91. The third-order valence-electron chi connectivity index (χ3n) is 3.82. The minimum absolute atomic E-state index is 0.0777. The molecule has 0 bridgehead atoms. The van der Waals surface area contributed by atoms with Crippen molar-refractivity contribution in [1.29, 1.82) is 0 Å². The molecule has 0 aliphatic carbocycles. The number of nitrogens with one attached hydrogen (secondary N) is 1. The van der Waals surface area contributed by atoms with Crippen molar-refractivity contribution in [3.8, 4) is 5.75 Å². The number of likely N-dealkylation sites (N-methyl/N-ethyl adjacent to an activating group) is 1. The van der Waals surface area contributed by atoms with Gasteiger partial charge in [0.05, 0.1) is 17.1 Å². The molecule has 1 N–H and O–H groups in total. The first-order chi connectivity index (χ1) is 9.67. The van der Waals surface area contributed by atoms with Crippen LogP contribution in [0.25, 0.3) is 0 Å². The number of hydrogen-bond donors (Lipinski definition) is 1. The van der Waals surface area contributed by atoms with E-state index in [-0.39, 0.29) is 5.91 Å². The van der Waals surface area contributed by atoms with Gasteiger partial charge in [0.1, 0.15) is 5.75 Å². The molecule has 1 amide bonds. The zero-order valence-electron chi connectivity index (χ0n) is 12.0. The molecule has 1 aliphatic heterocycles. The van der Waals surface area contributed by atoms with Crippen LogP contribution in [0.1, 0.15) is 30.1 Å². The molecule has 1 unspecified atom stereocenters. The summed E-state index contributed by atoms with van der Waals surface area (Å²) in [5, 5.41) is 3.03. The third-order valence-corrected chi connectivity index (χ3v) is 4.44. The van der Waals surface area contributed by atoms with Crippen LogP contribution in [0.15, 0.2) is 22.7 Å². The predicted octanol–water partition coefficient (Wildman–Crippen LogP) is 2.67. The molecule has 1 atom stereocenters. The Kier molecular flexibility index (Phi) is 5.43. The zero-order chi connectivity index (χ0) is 14.5. The van der Waals surface area contributed by atoms with Gasteiger partial charge in [-0.3, -0.25) is 9.69 Å². The van der Waals surface area contributed by atoms with Crippen LogP contribution in [0.4, 0.5) is 0 Å². The average molecular weight is 341 g/mol. The molecular formula is C15H21BrN2O2. The molecule has 5 heteroatoms. The van der Waals surface area contributed by atoms with Crippen molar-refractivity contribution < 1.29 is 9.53 Å². The lowest BCUT2D eigenvalue weighted by atomic mass is 10.1. The fraction of sp³-hybridized carbons (Fsp3) is 0.533. The second-order valence-electron chi connectivity index (χ2n) is 4.96. The minimum Gasteiger partial charge on any atom is -0.495 e. The molecule has 2 rings (SSSR count). The summed E-state index contributed by atoms with van der Waals surface area (Å²) >= 11 is 3.40. The molecular weight excluding hydrogens is 320 g/mol. The number of methoxy groups -OCH3 is 1. The molecule has 20 heavy (non-hydrogen) atoms. The first kappa shape index (κ1) is 15.3. The van der Waals surface area contributed by atoms with Crippen LogP contribution < -0.4 is 10.1 Å². The van der Waals surface area contributed by atoms with Crippen molar-refractivity contribution in [3.05, 3.63) is 28.2 Å². The van der Waals surface area contributed by atoms with E-state index in [1.807, 2.05) is 12.1 Å². The number of carbonyl (C=O) groups is 1. The number of likely N-dealkylation sites (tertiary alicyclic amines) is 1. The Labute approximate surface area is 128 Å². The largest absolute Gasteiger partial charge is 0.495 e. The van der Waals surface area contributed by atoms with Crippen molar-refractivity contribution in [2.24, 2.45) is 0 Å². The van der Waals surface area contributed by atoms with Crippen LogP contribution in [0.5, 0.6) is 5.75 Å². The molecule has 1 aromatic carbocycles. The molecule has 110 valence electrons. The van der Waals surface area contributed by atoms with Crippen LogP contribution >= 0.6 is 15.9 Å². The highest BCUT2D eigenvalue weighted by atomic mass is 79.9. The Hall–Kier alpha value is -1.07. The first-order valence-corrected chi connectivity index (χ1v) is 7.81. The summed E-state index contributed by atoms with van der Waals surface area (Å²) in [7, 11) is 1.58. The van der Waals surface area contributed by atoms with E-state index in [1.165, 1.54) is 6.42 Å². The second-order valence-corrected chi connectivity index (χ2v) is 5.81. The zero-order valence-corrected chi connectivity index (χ0v) is 13.6. The summed E-state index contributed by atoms with van der Waals surface area (Å²) in [6, 6.07) is 5.95. The molecule has 1 fully saturated rings. The highest BCUT2D eigenvalue weighted by Gasteiger charge is 2.24. The lowest BCUT2D eigenvalue weighted by Gasteiger charge is -2.23. The number of ether oxygens (including phenoxy) is 1. The van der Waals surface area contributed by atoms with Gasteiger partial charge in [0.2, 0.25) is 0 Å². The maximum absolute atomic E-state index is 12.3. The van der Waals surface area contributed by atoms with E-state index in [0.717, 1.165) is 24.0 Å². The van der Waals surface area contributed by atoms with E-state index < -0.39 is 0 Å².